The van der Waals surface area contributed by atoms with E-state index in [1.807, 2.05) is 4.90 Å². The maximum absolute atomic E-state index is 11.8. The number of nitrogens with two attached hydrogens (primary N) is 1. The van der Waals surface area contributed by atoms with Gasteiger partial charge in [-0.3, -0.25) is 10.2 Å². The van der Waals surface area contributed by atoms with Crippen LogP contribution in [0, 0.1) is 0 Å². The number of anilines is 2. The molecule has 0 radical (unpaired) electrons. The van der Waals surface area contributed by atoms with Gasteiger partial charge in [0.25, 0.3) is 0 Å². The van der Waals surface area contributed by atoms with Crippen molar-refractivity contribution in [3.63, 3.8) is 0 Å². The molecule has 2 aromatic rings. The number of nitrogen functional groups attached to an aromatic ring is 1. The van der Waals surface area contributed by atoms with Crippen LogP contribution in [0.15, 0.2) is 6.07 Å². The molecule has 0 unspecified atom stereocenters. The van der Waals surface area contributed by atoms with Crippen LogP contribution in [0.25, 0.3) is 10.2 Å². The maximum Gasteiger partial charge on any atom is 0.240 e. The third-order valence-electron chi connectivity index (χ3n) is 3.46. The van der Waals surface area contributed by atoms with Gasteiger partial charge in [-0.2, -0.15) is 4.98 Å². The molecule has 0 saturated carbocycles. The van der Waals surface area contributed by atoms with E-state index >= 15 is 0 Å². The summed E-state index contributed by atoms with van der Waals surface area (Å²) < 4.78 is 0. The Morgan fingerprint density at radius 1 is 1.52 bits per heavy atom. The fourth-order valence-corrected chi connectivity index (χ4v) is 3.38. The highest BCUT2D eigenvalue weighted by molar-refractivity contribution is 7.18. The summed E-state index contributed by atoms with van der Waals surface area (Å²) in [6.45, 7) is 3.91. The van der Waals surface area contributed by atoms with Gasteiger partial charge in [-0.15, -0.1) is 11.3 Å². The van der Waals surface area contributed by atoms with E-state index in [-0.39, 0.29) is 5.91 Å². The zero-order valence-corrected chi connectivity index (χ0v) is 12.7. The third kappa shape index (κ3) is 2.77. The second kappa shape index (κ2) is 5.82. The van der Waals surface area contributed by atoms with Gasteiger partial charge in [0.1, 0.15) is 10.6 Å². The van der Waals surface area contributed by atoms with Gasteiger partial charge in [0, 0.05) is 18.0 Å². The van der Waals surface area contributed by atoms with Gasteiger partial charge in [-0.25, -0.2) is 10.8 Å². The Labute approximate surface area is 126 Å². The van der Waals surface area contributed by atoms with Crippen molar-refractivity contribution in [3.8, 4) is 0 Å². The summed E-state index contributed by atoms with van der Waals surface area (Å²) in [4.78, 5) is 24.8. The predicted molar refractivity (Wildman–Crippen MR) is 84.4 cm³/mol. The number of rotatable bonds is 3. The number of fused-ring (bicyclic) bond motifs is 1. The molecule has 0 bridgehead atoms. The van der Waals surface area contributed by atoms with Gasteiger partial charge in [0.15, 0.2) is 0 Å². The van der Waals surface area contributed by atoms with Gasteiger partial charge in [-0.1, -0.05) is 6.92 Å². The quantitative estimate of drug-likeness (QED) is 0.575. The molecule has 8 heteroatoms. The number of hydrogen-bond acceptors (Lipinski definition) is 7. The number of hydrazine groups is 1. The molecule has 4 N–H and O–H groups in total. The Balaban J connectivity index is 2.09. The smallest absolute Gasteiger partial charge is 0.240 e. The summed E-state index contributed by atoms with van der Waals surface area (Å²) in [6, 6.07) is 2.11. The average molecular weight is 306 g/mol. The molecule has 0 aliphatic carbocycles. The Kier molecular flexibility index (Phi) is 3.89. The van der Waals surface area contributed by atoms with Crippen LogP contribution in [-0.2, 0) is 11.2 Å². The SMILES string of the molecule is CCc1cc2c(N3CCCNC(=O)C3)nc(NN)nc2s1. The lowest BCUT2D eigenvalue weighted by atomic mass is 10.3. The first-order chi connectivity index (χ1) is 10.2. The second-order valence-electron chi connectivity index (χ2n) is 4.93. The first kappa shape index (κ1) is 14.0. The van der Waals surface area contributed by atoms with Gasteiger partial charge in [0.2, 0.25) is 11.9 Å². The summed E-state index contributed by atoms with van der Waals surface area (Å²) >= 11 is 1.64. The van der Waals surface area contributed by atoms with Crippen molar-refractivity contribution in [3.05, 3.63) is 10.9 Å². The van der Waals surface area contributed by atoms with Crippen LogP contribution in [0.2, 0.25) is 0 Å². The molecule has 1 saturated heterocycles. The number of nitrogens with one attached hydrogen (secondary N) is 2. The highest BCUT2D eigenvalue weighted by Crippen LogP contribution is 2.32. The number of thiophene rings is 1. The lowest BCUT2D eigenvalue weighted by Crippen LogP contribution is -2.33. The molecule has 1 amide bonds. The standard InChI is InChI=1S/C13H18N6OS/c1-2-8-6-9-11(16-13(18-14)17-12(9)21-8)19-5-3-4-15-10(20)7-19/h6H,2-5,7,14H2,1H3,(H,15,20)(H,16,17,18). The van der Waals surface area contributed by atoms with E-state index in [0.717, 1.165) is 35.4 Å². The average Bonchev–Trinajstić information content (AvgIpc) is 2.80. The van der Waals surface area contributed by atoms with Crippen molar-refractivity contribution in [2.75, 3.05) is 30.0 Å². The predicted octanol–water partition coefficient (Wildman–Crippen LogP) is 0.866. The van der Waals surface area contributed by atoms with Gasteiger partial charge in [-0.05, 0) is 18.9 Å². The molecule has 0 atom stereocenters. The van der Waals surface area contributed by atoms with E-state index in [4.69, 9.17) is 5.84 Å². The van der Waals surface area contributed by atoms with Gasteiger partial charge < -0.3 is 10.2 Å². The largest absolute Gasteiger partial charge is 0.354 e. The minimum absolute atomic E-state index is 0.0208. The minimum atomic E-state index is 0.0208. The van der Waals surface area contributed by atoms with Gasteiger partial charge >= 0.3 is 0 Å². The van der Waals surface area contributed by atoms with E-state index in [1.165, 1.54) is 4.88 Å². The van der Waals surface area contributed by atoms with E-state index in [0.29, 0.717) is 19.0 Å². The van der Waals surface area contributed by atoms with Crippen LogP contribution >= 0.6 is 11.3 Å². The normalized spacial score (nSPS) is 15.9. The van der Waals surface area contributed by atoms with Crippen LogP contribution < -0.4 is 21.5 Å². The summed E-state index contributed by atoms with van der Waals surface area (Å²) in [5.41, 5.74) is 2.51. The highest BCUT2D eigenvalue weighted by Gasteiger charge is 2.20. The number of carbonyl (C=O) groups excluding carboxylic acids is 1. The van der Waals surface area contributed by atoms with Crippen LogP contribution in [-0.4, -0.2) is 35.5 Å². The highest BCUT2D eigenvalue weighted by atomic mass is 32.1. The number of aryl methyl sites for hydroxylation is 1. The molecule has 7 nitrogen and oxygen atoms in total. The van der Waals surface area contributed by atoms with Crippen LogP contribution in [0.5, 0.6) is 0 Å². The third-order valence-corrected chi connectivity index (χ3v) is 4.64. The molecule has 0 aromatic carbocycles. The van der Waals surface area contributed by atoms with Crippen LogP contribution in [0.1, 0.15) is 18.2 Å². The lowest BCUT2D eigenvalue weighted by Gasteiger charge is -2.21. The molecule has 1 fully saturated rings. The topological polar surface area (TPSA) is 96.2 Å². The van der Waals surface area contributed by atoms with E-state index in [2.05, 4.69) is 33.7 Å². The van der Waals surface area contributed by atoms with Crippen molar-refractivity contribution in [1.82, 2.24) is 15.3 Å². The summed E-state index contributed by atoms with van der Waals surface area (Å²) in [7, 11) is 0. The van der Waals surface area contributed by atoms with Crippen molar-refractivity contribution in [2.45, 2.75) is 19.8 Å². The Hall–Kier alpha value is -1.93. The Morgan fingerprint density at radius 2 is 2.38 bits per heavy atom. The fraction of sp³-hybridized carbons (Fsp3) is 0.462. The van der Waals surface area contributed by atoms with Crippen molar-refractivity contribution in [2.24, 2.45) is 5.84 Å². The summed E-state index contributed by atoms with van der Waals surface area (Å²) in [5, 5.41) is 3.87. The maximum atomic E-state index is 11.8. The van der Waals surface area contributed by atoms with Crippen molar-refractivity contribution >= 4 is 39.2 Å². The molecule has 21 heavy (non-hydrogen) atoms. The molecule has 3 heterocycles. The van der Waals surface area contributed by atoms with Crippen LogP contribution in [0.3, 0.4) is 0 Å². The molecular weight excluding hydrogens is 288 g/mol. The van der Waals surface area contributed by atoms with E-state index in [1.54, 1.807) is 11.3 Å². The first-order valence-corrected chi connectivity index (χ1v) is 7.81. The zero-order valence-electron chi connectivity index (χ0n) is 11.8. The molecule has 3 rings (SSSR count). The number of carbonyl (C=O) groups is 1. The monoisotopic (exact) mass is 306 g/mol. The fourth-order valence-electron chi connectivity index (χ4n) is 2.42. The second-order valence-corrected chi connectivity index (χ2v) is 6.04. The Bertz CT molecular complexity index is 670. The molecular formula is C13H18N6OS. The first-order valence-electron chi connectivity index (χ1n) is 7.00. The number of amides is 1. The summed E-state index contributed by atoms with van der Waals surface area (Å²) in [6.07, 6.45) is 1.85. The minimum Gasteiger partial charge on any atom is -0.354 e. The van der Waals surface area contributed by atoms with Crippen molar-refractivity contribution in [1.29, 1.82) is 0 Å². The molecule has 1 aliphatic heterocycles. The van der Waals surface area contributed by atoms with E-state index < -0.39 is 0 Å². The number of aromatic nitrogens is 2. The zero-order chi connectivity index (χ0) is 14.8. The molecule has 0 spiro atoms. The number of nitrogens with zero attached hydrogens (tertiary/aromatic N) is 3. The van der Waals surface area contributed by atoms with Gasteiger partial charge in [0.05, 0.1) is 11.9 Å². The van der Waals surface area contributed by atoms with Crippen LogP contribution in [0.4, 0.5) is 11.8 Å². The Morgan fingerprint density at radius 3 is 3.14 bits per heavy atom. The molecule has 112 valence electrons. The number of hydrogen-bond donors (Lipinski definition) is 3. The lowest BCUT2D eigenvalue weighted by molar-refractivity contribution is -0.119. The summed E-state index contributed by atoms with van der Waals surface area (Å²) in [5.74, 6) is 6.65. The van der Waals surface area contributed by atoms with Crippen molar-refractivity contribution < 1.29 is 4.79 Å². The van der Waals surface area contributed by atoms with E-state index in [9.17, 15) is 4.79 Å². The molecule has 2 aromatic heterocycles. The molecule has 1 aliphatic rings.